The van der Waals surface area contributed by atoms with Crippen LogP contribution in [0.3, 0.4) is 0 Å². The molecule has 0 unspecified atom stereocenters. The minimum Gasteiger partial charge on any atom is -0.477 e. The molecule has 7 nitrogen and oxygen atoms in total. The Bertz CT molecular complexity index is 1150. The summed E-state index contributed by atoms with van der Waals surface area (Å²) in [4.78, 5) is 19.4. The van der Waals surface area contributed by atoms with Crippen molar-refractivity contribution in [3.8, 4) is 11.1 Å². The van der Waals surface area contributed by atoms with Gasteiger partial charge in [-0.15, -0.1) is 5.10 Å². The first-order valence-corrected chi connectivity index (χ1v) is 8.93. The maximum Gasteiger partial charge on any atom is 0.354 e. The Morgan fingerprint density at radius 3 is 2.71 bits per heavy atom. The topological polar surface area (TPSA) is 92.4 Å². The van der Waals surface area contributed by atoms with E-state index in [4.69, 9.17) is 5.11 Å². The van der Waals surface area contributed by atoms with Gasteiger partial charge in [-0.3, -0.25) is 0 Å². The van der Waals surface area contributed by atoms with Crippen LogP contribution in [0.2, 0.25) is 0 Å². The number of nitrogens with one attached hydrogen (secondary N) is 1. The molecule has 1 aromatic carbocycles. The van der Waals surface area contributed by atoms with Gasteiger partial charge < -0.3 is 10.4 Å². The fourth-order valence-corrected chi connectivity index (χ4v) is 2.97. The van der Waals surface area contributed by atoms with Crippen molar-refractivity contribution in [2.45, 2.75) is 19.8 Å². The average molecular weight is 373 g/mol. The van der Waals surface area contributed by atoms with Gasteiger partial charge in [0.15, 0.2) is 5.65 Å². The van der Waals surface area contributed by atoms with Crippen LogP contribution in [-0.4, -0.2) is 30.7 Å². The van der Waals surface area contributed by atoms with Gasteiger partial charge in [-0.05, 0) is 41.3 Å². The molecule has 0 spiro atoms. The second-order valence-corrected chi connectivity index (χ2v) is 6.77. The first-order valence-electron chi connectivity index (χ1n) is 8.93. The SMILES string of the molecule is CC(C)c1cccc(-c2cccn3nc(Nc4ccc(C(=O)O)nc4)nc23)c1. The average Bonchev–Trinajstić information content (AvgIpc) is 3.10. The number of benzene rings is 1. The van der Waals surface area contributed by atoms with E-state index in [-0.39, 0.29) is 5.69 Å². The fourth-order valence-electron chi connectivity index (χ4n) is 2.97. The molecule has 0 amide bonds. The van der Waals surface area contributed by atoms with Gasteiger partial charge in [-0.2, -0.15) is 4.98 Å². The zero-order valence-electron chi connectivity index (χ0n) is 15.5. The van der Waals surface area contributed by atoms with E-state index in [1.54, 1.807) is 10.6 Å². The molecule has 0 aliphatic heterocycles. The molecule has 0 saturated carbocycles. The maximum atomic E-state index is 10.9. The number of carbonyl (C=O) groups is 1. The first-order chi connectivity index (χ1) is 13.5. The zero-order chi connectivity index (χ0) is 19.7. The normalized spacial score (nSPS) is 11.1. The summed E-state index contributed by atoms with van der Waals surface area (Å²) in [6, 6.07) is 15.5. The molecule has 3 aromatic heterocycles. The van der Waals surface area contributed by atoms with E-state index >= 15 is 0 Å². The largest absolute Gasteiger partial charge is 0.477 e. The predicted octanol–water partition coefficient (Wildman–Crippen LogP) is 4.36. The molecule has 0 aliphatic carbocycles. The van der Waals surface area contributed by atoms with E-state index in [1.807, 2.05) is 18.3 Å². The number of hydrogen-bond acceptors (Lipinski definition) is 5. The second kappa shape index (κ2) is 7.11. The molecule has 28 heavy (non-hydrogen) atoms. The quantitative estimate of drug-likeness (QED) is 0.540. The van der Waals surface area contributed by atoms with Crippen molar-refractivity contribution >= 4 is 23.3 Å². The predicted molar refractivity (Wildman–Crippen MR) is 107 cm³/mol. The molecule has 140 valence electrons. The maximum absolute atomic E-state index is 10.9. The number of carboxylic acids is 1. The third-order valence-corrected chi connectivity index (χ3v) is 4.47. The Labute approximate surface area is 161 Å². The molecule has 0 radical (unpaired) electrons. The molecule has 3 heterocycles. The van der Waals surface area contributed by atoms with E-state index in [1.165, 1.54) is 17.8 Å². The van der Waals surface area contributed by atoms with Crippen LogP contribution < -0.4 is 5.32 Å². The Kier molecular flexibility index (Phi) is 4.49. The highest BCUT2D eigenvalue weighted by atomic mass is 16.4. The third kappa shape index (κ3) is 3.42. The highest BCUT2D eigenvalue weighted by molar-refractivity contribution is 5.85. The fraction of sp³-hybridized carbons (Fsp3) is 0.143. The Balaban J connectivity index is 1.69. The van der Waals surface area contributed by atoms with Crippen molar-refractivity contribution in [1.29, 1.82) is 0 Å². The molecule has 7 heteroatoms. The van der Waals surface area contributed by atoms with Crippen molar-refractivity contribution in [2.24, 2.45) is 0 Å². The Morgan fingerprint density at radius 1 is 1.14 bits per heavy atom. The minimum absolute atomic E-state index is 0.0131. The van der Waals surface area contributed by atoms with Gasteiger partial charge in [0, 0.05) is 11.8 Å². The zero-order valence-corrected chi connectivity index (χ0v) is 15.5. The number of aromatic nitrogens is 4. The monoisotopic (exact) mass is 373 g/mol. The highest BCUT2D eigenvalue weighted by Gasteiger charge is 2.11. The highest BCUT2D eigenvalue weighted by Crippen LogP contribution is 2.27. The third-order valence-electron chi connectivity index (χ3n) is 4.47. The number of anilines is 2. The summed E-state index contributed by atoms with van der Waals surface area (Å²) >= 11 is 0. The summed E-state index contributed by atoms with van der Waals surface area (Å²) in [5.74, 6) is -0.209. The lowest BCUT2D eigenvalue weighted by Gasteiger charge is -2.08. The minimum atomic E-state index is -1.06. The molecule has 4 aromatic rings. The van der Waals surface area contributed by atoms with Crippen LogP contribution in [0.1, 0.15) is 35.8 Å². The number of rotatable bonds is 5. The van der Waals surface area contributed by atoms with Crippen LogP contribution in [0.25, 0.3) is 16.8 Å². The van der Waals surface area contributed by atoms with Gasteiger partial charge in [-0.25, -0.2) is 14.3 Å². The number of nitrogens with zero attached hydrogens (tertiary/aromatic N) is 4. The van der Waals surface area contributed by atoms with E-state index in [2.05, 4.69) is 58.5 Å². The molecular weight excluding hydrogens is 354 g/mol. The summed E-state index contributed by atoms with van der Waals surface area (Å²) < 4.78 is 1.72. The lowest BCUT2D eigenvalue weighted by molar-refractivity contribution is 0.0690. The van der Waals surface area contributed by atoms with Gasteiger partial charge in [0.05, 0.1) is 11.9 Å². The molecule has 2 N–H and O–H groups in total. The van der Waals surface area contributed by atoms with Crippen LogP contribution in [-0.2, 0) is 0 Å². The van der Waals surface area contributed by atoms with E-state index in [9.17, 15) is 4.79 Å². The molecule has 4 rings (SSSR count). The van der Waals surface area contributed by atoms with Gasteiger partial charge in [-0.1, -0.05) is 38.1 Å². The summed E-state index contributed by atoms with van der Waals surface area (Å²) in [6.45, 7) is 4.34. The molecule has 0 atom stereocenters. The number of pyridine rings is 2. The number of carboxylic acid groups (broad SMARTS) is 1. The number of aromatic carboxylic acids is 1. The number of hydrogen-bond donors (Lipinski definition) is 2. The van der Waals surface area contributed by atoms with E-state index in [0.717, 1.165) is 16.8 Å². The first kappa shape index (κ1) is 17.7. The molecule has 0 bridgehead atoms. The molecule has 0 fully saturated rings. The van der Waals surface area contributed by atoms with Crippen LogP contribution in [0.15, 0.2) is 60.9 Å². The summed E-state index contributed by atoms with van der Waals surface area (Å²) in [5, 5.41) is 16.5. The molecule has 0 saturated heterocycles. The van der Waals surface area contributed by atoms with Crippen LogP contribution in [0.5, 0.6) is 0 Å². The van der Waals surface area contributed by atoms with Crippen LogP contribution in [0, 0.1) is 0 Å². The second-order valence-electron chi connectivity index (χ2n) is 6.77. The van der Waals surface area contributed by atoms with Gasteiger partial charge >= 0.3 is 5.97 Å². The lowest BCUT2D eigenvalue weighted by atomic mass is 9.98. The van der Waals surface area contributed by atoms with Gasteiger partial charge in [0.25, 0.3) is 0 Å². The Morgan fingerprint density at radius 2 is 2.00 bits per heavy atom. The summed E-state index contributed by atoms with van der Waals surface area (Å²) in [5.41, 5.74) is 4.68. The van der Waals surface area contributed by atoms with Crippen molar-refractivity contribution < 1.29 is 9.90 Å². The molecule has 0 aliphatic rings. The standard InChI is InChI=1S/C21H19N5O2/c1-13(2)14-5-3-6-15(11-14)17-7-4-10-26-19(17)24-21(25-26)23-16-8-9-18(20(27)28)22-12-16/h3-13H,1-2H3,(H,23,25)(H,27,28). The van der Waals surface area contributed by atoms with E-state index < -0.39 is 5.97 Å². The van der Waals surface area contributed by atoms with E-state index in [0.29, 0.717) is 17.6 Å². The van der Waals surface area contributed by atoms with Crippen LogP contribution >= 0.6 is 0 Å². The van der Waals surface area contributed by atoms with Crippen molar-refractivity contribution in [1.82, 2.24) is 19.6 Å². The van der Waals surface area contributed by atoms with Crippen LogP contribution in [0.4, 0.5) is 11.6 Å². The summed E-state index contributed by atoms with van der Waals surface area (Å²) in [6.07, 6.45) is 3.29. The van der Waals surface area contributed by atoms with Crippen molar-refractivity contribution in [3.05, 3.63) is 72.2 Å². The smallest absolute Gasteiger partial charge is 0.354 e. The Hall–Kier alpha value is -3.74. The van der Waals surface area contributed by atoms with Crippen molar-refractivity contribution in [3.63, 3.8) is 0 Å². The lowest BCUT2D eigenvalue weighted by Crippen LogP contribution is -2.00. The molecular formula is C21H19N5O2. The number of fused-ring (bicyclic) bond motifs is 1. The van der Waals surface area contributed by atoms with Crippen molar-refractivity contribution in [2.75, 3.05) is 5.32 Å². The van der Waals surface area contributed by atoms with Gasteiger partial charge in [0.2, 0.25) is 5.95 Å². The van der Waals surface area contributed by atoms with Gasteiger partial charge in [0.1, 0.15) is 5.69 Å². The summed E-state index contributed by atoms with van der Waals surface area (Å²) in [7, 11) is 0.